The molecular weight excluding hydrogens is 311 g/mol. The summed E-state index contributed by atoms with van der Waals surface area (Å²) >= 11 is 1.51. The zero-order chi connectivity index (χ0) is 15.6. The minimum atomic E-state index is -0.339. The highest BCUT2D eigenvalue weighted by Gasteiger charge is 2.16. The second-order valence-corrected chi connectivity index (χ2v) is 6.04. The number of halogens is 1. The van der Waals surface area contributed by atoms with Crippen LogP contribution in [0.1, 0.15) is 5.56 Å². The molecule has 2 aromatic carbocycles. The summed E-state index contributed by atoms with van der Waals surface area (Å²) in [6.07, 6.45) is 1.96. The third-order valence-corrected chi connectivity index (χ3v) is 4.48. The van der Waals surface area contributed by atoms with Crippen molar-refractivity contribution in [3.05, 3.63) is 66.1 Å². The van der Waals surface area contributed by atoms with Crippen molar-refractivity contribution < 1.29 is 4.39 Å². The Labute approximate surface area is 136 Å². The van der Waals surface area contributed by atoms with Crippen LogP contribution in [-0.4, -0.2) is 21.6 Å². The van der Waals surface area contributed by atoms with Crippen molar-refractivity contribution in [1.82, 2.24) is 10.4 Å². The first-order valence-corrected chi connectivity index (χ1v) is 8.15. The molecule has 2 N–H and O–H groups in total. The highest BCUT2D eigenvalue weighted by atomic mass is 32.2. The van der Waals surface area contributed by atoms with Crippen LogP contribution in [0.3, 0.4) is 0 Å². The monoisotopic (exact) mass is 324 g/mol. The van der Waals surface area contributed by atoms with E-state index in [1.807, 2.05) is 24.4 Å². The number of rotatable bonds is 2. The molecule has 0 amide bonds. The number of thioether (sulfide) groups is 1. The van der Waals surface area contributed by atoms with Gasteiger partial charge in [-0.15, -0.1) is 0 Å². The van der Waals surface area contributed by atoms with Crippen molar-refractivity contribution in [2.24, 2.45) is 10.1 Å². The summed E-state index contributed by atoms with van der Waals surface area (Å²) in [6, 6.07) is 14.6. The van der Waals surface area contributed by atoms with E-state index < -0.39 is 0 Å². The molecule has 0 spiro atoms. The summed E-state index contributed by atoms with van der Waals surface area (Å²) in [5, 5.41) is 6.14. The zero-order valence-electron chi connectivity index (χ0n) is 12.1. The standard InChI is InChI=1S/C17H13FN4S/c18-13-6-2-4-8-15(13)20-17-22-21-16(10-23-17)12-9-19-14-7-3-1-5-11(12)14/h1-9,19H,10H2,(H,20,22). The fourth-order valence-corrected chi connectivity index (χ4v) is 3.24. The molecule has 4 rings (SSSR count). The summed E-state index contributed by atoms with van der Waals surface area (Å²) < 4.78 is 13.6. The SMILES string of the molecule is Fc1ccccc1N=C1NN=C(c2c[nH]c3ccccc23)CS1. The molecule has 1 aliphatic rings. The van der Waals surface area contributed by atoms with Crippen LogP contribution in [0, 0.1) is 5.82 Å². The number of fused-ring (bicyclic) bond motifs is 1. The van der Waals surface area contributed by atoms with Crippen molar-refractivity contribution >= 4 is 39.2 Å². The van der Waals surface area contributed by atoms with Gasteiger partial charge in [0.1, 0.15) is 11.5 Å². The van der Waals surface area contributed by atoms with E-state index in [2.05, 4.69) is 26.6 Å². The maximum absolute atomic E-state index is 13.6. The molecule has 3 aromatic rings. The highest BCUT2D eigenvalue weighted by Crippen LogP contribution is 2.24. The van der Waals surface area contributed by atoms with Gasteiger partial charge in [0, 0.05) is 28.4 Å². The molecule has 0 aliphatic carbocycles. The molecular formula is C17H13FN4S. The van der Waals surface area contributed by atoms with E-state index in [0.717, 1.165) is 22.2 Å². The summed E-state index contributed by atoms with van der Waals surface area (Å²) in [7, 11) is 0. The van der Waals surface area contributed by atoms with Gasteiger partial charge in [-0.3, -0.25) is 5.43 Å². The Morgan fingerprint density at radius 2 is 1.91 bits per heavy atom. The lowest BCUT2D eigenvalue weighted by Gasteiger charge is -2.14. The molecule has 0 radical (unpaired) electrons. The zero-order valence-corrected chi connectivity index (χ0v) is 12.9. The number of nitrogens with one attached hydrogen (secondary N) is 2. The number of benzene rings is 2. The molecule has 1 aliphatic heterocycles. The molecule has 1 aromatic heterocycles. The summed E-state index contributed by atoms with van der Waals surface area (Å²) in [5.74, 6) is 0.344. The lowest BCUT2D eigenvalue weighted by molar-refractivity contribution is 0.630. The van der Waals surface area contributed by atoms with Gasteiger partial charge in [0.15, 0.2) is 5.17 Å². The normalized spacial score (nSPS) is 16.4. The van der Waals surface area contributed by atoms with Crippen LogP contribution in [0.5, 0.6) is 0 Å². The Bertz CT molecular complexity index is 929. The quantitative estimate of drug-likeness (QED) is 0.747. The molecule has 114 valence electrons. The van der Waals surface area contributed by atoms with Crippen molar-refractivity contribution in [2.45, 2.75) is 0 Å². The maximum atomic E-state index is 13.6. The first-order valence-electron chi connectivity index (χ1n) is 7.16. The molecule has 4 nitrogen and oxygen atoms in total. The maximum Gasteiger partial charge on any atom is 0.182 e. The van der Waals surface area contributed by atoms with Crippen molar-refractivity contribution in [3.63, 3.8) is 0 Å². The number of hydrogen-bond acceptors (Lipinski definition) is 3. The van der Waals surface area contributed by atoms with Crippen LogP contribution in [0.4, 0.5) is 10.1 Å². The van der Waals surface area contributed by atoms with E-state index in [1.54, 1.807) is 18.2 Å². The third kappa shape index (κ3) is 2.73. The average Bonchev–Trinajstić information content (AvgIpc) is 3.02. The van der Waals surface area contributed by atoms with Crippen molar-refractivity contribution in [2.75, 3.05) is 5.75 Å². The number of hydrogen-bond donors (Lipinski definition) is 2. The Morgan fingerprint density at radius 1 is 1.09 bits per heavy atom. The van der Waals surface area contributed by atoms with Gasteiger partial charge in [-0.2, -0.15) is 5.10 Å². The van der Waals surface area contributed by atoms with Gasteiger partial charge in [-0.25, -0.2) is 9.38 Å². The Kier molecular flexibility index (Phi) is 3.59. The van der Waals surface area contributed by atoms with Crippen LogP contribution in [0.15, 0.2) is 64.8 Å². The van der Waals surface area contributed by atoms with Crippen molar-refractivity contribution in [3.8, 4) is 0 Å². The van der Waals surface area contributed by atoms with Crippen LogP contribution >= 0.6 is 11.8 Å². The number of hydrazone groups is 1. The average molecular weight is 324 g/mol. The number of aromatic amines is 1. The van der Waals surface area contributed by atoms with Crippen LogP contribution in [-0.2, 0) is 0 Å². The molecule has 0 atom stereocenters. The number of para-hydroxylation sites is 2. The highest BCUT2D eigenvalue weighted by molar-refractivity contribution is 8.14. The van der Waals surface area contributed by atoms with E-state index in [1.165, 1.54) is 17.8 Å². The fourth-order valence-electron chi connectivity index (χ4n) is 2.47. The molecule has 6 heteroatoms. The molecule has 0 saturated carbocycles. The minimum absolute atomic E-state index is 0.313. The molecule has 0 saturated heterocycles. The topological polar surface area (TPSA) is 52.5 Å². The number of aliphatic imine (C=N–C) groups is 1. The van der Waals surface area contributed by atoms with Crippen molar-refractivity contribution in [1.29, 1.82) is 0 Å². The first kappa shape index (κ1) is 14.0. The molecule has 23 heavy (non-hydrogen) atoms. The van der Waals surface area contributed by atoms with E-state index >= 15 is 0 Å². The van der Waals surface area contributed by atoms with Crippen LogP contribution in [0.2, 0.25) is 0 Å². The molecule has 0 bridgehead atoms. The number of nitrogens with zero attached hydrogens (tertiary/aromatic N) is 2. The van der Waals surface area contributed by atoms with E-state index in [4.69, 9.17) is 0 Å². The lowest BCUT2D eigenvalue weighted by Crippen LogP contribution is -2.25. The molecule has 0 fully saturated rings. The van der Waals surface area contributed by atoms with E-state index in [-0.39, 0.29) is 5.82 Å². The molecule has 2 heterocycles. The summed E-state index contributed by atoms with van der Waals surface area (Å²) in [5.41, 5.74) is 6.33. The first-order chi connectivity index (χ1) is 11.3. The van der Waals surface area contributed by atoms with Gasteiger partial charge < -0.3 is 4.98 Å². The number of aromatic nitrogens is 1. The van der Waals surface area contributed by atoms with Gasteiger partial charge >= 0.3 is 0 Å². The minimum Gasteiger partial charge on any atom is -0.360 e. The van der Waals surface area contributed by atoms with Crippen LogP contribution in [0.25, 0.3) is 10.9 Å². The van der Waals surface area contributed by atoms with E-state index in [9.17, 15) is 4.39 Å². The summed E-state index contributed by atoms with van der Waals surface area (Å²) in [6.45, 7) is 0. The third-order valence-electron chi connectivity index (χ3n) is 3.61. The second kappa shape index (κ2) is 5.89. The van der Waals surface area contributed by atoms with Gasteiger partial charge in [-0.1, -0.05) is 42.1 Å². The Morgan fingerprint density at radius 3 is 2.74 bits per heavy atom. The summed E-state index contributed by atoms with van der Waals surface area (Å²) in [4.78, 5) is 7.52. The Balaban J connectivity index is 1.61. The van der Waals surface area contributed by atoms with Gasteiger partial charge in [0.2, 0.25) is 0 Å². The van der Waals surface area contributed by atoms with Crippen LogP contribution < -0.4 is 5.43 Å². The largest absolute Gasteiger partial charge is 0.360 e. The predicted octanol–water partition coefficient (Wildman–Crippen LogP) is 4.04. The second-order valence-electron chi connectivity index (χ2n) is 5.08. The lowest BCUT2D eigenvalue weighted by atomic mass is 10.1. The fraction of sp³-hybridized carbons (Fsp3) is 0.0588. The number of amidine groups is 1. The van der Waals surface area contributed by atoms with Gasteiger partial charge in [0.05, 0.1) is 5.71 Å². The molecule has 0 unspecified atom stereocenters. The predicted molar refractivity (Wildman–Crippen MR) is 93.9 cm³/mol. The number of H-pyrrole nitrogens is 1. The Hall–Kier alpha value is -2.60. The smallest absolute Gasteiger partial charge is 0.182 e. The van der Waals surface area contributed by atoms with Gasteiger partial charge in [0.25, 0.3) is 0 Å². The van der Waals surface area contributed by atoms with E-state index in [0.29, 0.717) is 16.6 Å². The van der Waals surface area contributed by atoms with Gasteiger partial charge in [-0.05, 0) is 18.2 Å².